The molecule has 0 N–H and O–H groups in total. The first-order valence-corrected chi connectivity index (χ1v) is 10.8. The van der Waals surface area contributed by atoms with Gasteiger partial charge in [0.2, 0.25) is 0 Å². The molecule has 3 aromatic rings. The first-order valence-electron chi connectivity index (χ1n) is 10.8. The van der Waals surface area contributed by atoms with E-state index >= 15 is 0 Å². The number of ether oxygens (including phenoxy) is 4. The predicted octanol–water partition coefficient (Wildman–Crippen LogP) is 5.83. The van der Waals surface area contributed by atoms with Gasteiger partial charge >= 0.3 is 0 Å². The van der Waals surface area contributed by atoms with Crippen LogP contribution < -0.4 is 9.47 Å². The molecule has 0 fully saturated rings. The number of unbranched alkanes of at least 4 members (excludes halogenated alkanes) is 1. The normalized spacial score (nSPS) is 11.3. The van der Waals surface area contributed by atoms with Gasteiger partial charge in [-0.25, -0.2) is 0 Å². The summed E-state index contributed by atoms with van der Waals surface area (Å²) in [6, 6.07) is 26.4. The Balaban J connectivity index is 2.05. The SMILES string of the molecule is CCCCOCCOC(c1ccccc1)(c1ccc(OC)cc1)c1ccc(OC)cc1. The molecule has 0 amide bonds. The van der Waals surface area contributed by atoms with E-state index < -0.39 is 5.60 Å². The van der Waals surface area contributed by atoms with E-state index in [0.29, 0.717) is 13.2 Å². The molecule has 0 aliphatic heterocycles. The summed E-state index contributed by atoms with van der Waals surface area (Å²) in [6.45, 7) is 3.93. The van der Waals surface area contributed by atoms with Crippen LogP contribution in [0.2, 0.25) is 0 Å². The van der Waals surface area contributed by atoms with E-state index in [2.05, 4.69) is 43.3 Å². The summed E-state index contributed by atoms with van der Waals surface area (Å²) in [7, 11) is 3.35. The highest BCUT2D eigenvalue weighted by Crippen LogP contribution is 2.41. The first-order chi connectivity index (χ1) is 15.2. The van der Waals surface area contributed by atoms with Gasteiger partial charge in [0.1, 0.15) is 17.1 Å². The minimum atomic E-state index is -0.784. The van der Waals surface area contributed by atoms with E-state index in [9.17, 15) is 0 Å². The van der Waals surface area contributed by atoms with Gasteiger partial charge in [0.05, 0.1) is 27.4 Å². The third-order valence-electron chi connectivity index (χ3n) is 5.36. The molecule has 31 heavy (non-hydrogen) atoms. The number of benzene rings is 3. The second kappa shape index (κ2) is 11.5. The third kappa shape index (κ3) is 5.46. The summed E-state index contributed by atoms with van der Waals surface area (Å²) in [5, 5.41) is 0. The van der Waals surface area contributed by atoms with Crippen molar-refractivity contribution in [3.05, 3.63) is 95.6 Å². The molecule has 0 saturated carbocycles. The maximum Gasteiger partial charge on any atom is 0.143 e. The Morgan fingerprint density at radius 2 is 1.13 bits per heavy atom. The minimum absolute atomic E-state index is 0.469. The molecule has 3 aromatic carbocycles. The van der Waals surface area contributed by atoms with E-state index in [4.69, 9.17) is 18.9 Å². The maximum atomic E-state index is 6.71. The molecule has 0 spiro atoms. The second-order valence-electron chi connectivity index (χ2n) is 7.32. The van der Waals surface area contributed by atoms with Crippen LogP contribution in [0.15, 0.2) is 78.9 Å². The Morgan fingerprint density at radius 1 is 0.613 bits per heavy atom. The molecule has 164 valence electrons. The van der Waals surface area contributed by atoms with E-state index in [1.807, 2.05) is 42.5 Å². The topological polar surface area (TPSA) is 36.9 Å². The van der Waals surface area contributed by atoms with Crippen molar-refractivity contribution in [3.63, 3.8) is 0 Å². The van der Waals surface area contributed by atoms with Crippen molar-refractivity contribution < 1.29 is 18.9 Å². The summed E-state index contributed by atoms with van der Waals surface area (Å²) >= 11 is 0. The fraction of sp³-hybridized carbons (Fsp3) is 0.333. The third-order valence-corrected chi connectivity index (χ3v) is 5.36. The molecular formula is C27H32O4. The molecule has 3 rings (SSSR count). The Labute approximate surface area is 185 Å². The van der Waals surface area contributed by atoms with E-state index in [1.165, 1.54) is 0 Å². The van der Waals surface area contributed by atoms with Crippen molar-refractivity contribution in [2.24, 2.45) is 0 Å². The predicted molar refractivity (Wildman–Crippen MR) is 124 cm³/mol. The lowest BCUT2D eigenvalue weighted by atomic mass is 9.80. The molecule has 4 nitrogen and oxygen atoms in total. The second-order valence-corrected chi connectivity index (χ2v) is 7.32. The van der Waals surface area contributed by atoms with Gasteiger partial charge in [-0.1, -0.05) is 67.9 Å². The molecule has 0 aromatic heterocycles. The summed E-state index contributed by atoms with van der Waals surface area (Å²) < 4.78 is 23.3. The Hall–Kier alpha value is -2.82. The quantitative estimate of drug-likeness (QED) is 0.273. The standard InChI is InChI=1S/C27H32O4/c1-4-5-19-30-20-21-31-27(22-9-7-6-8-10-22,23-11-15-25(28-2)16-12-23)24-13-17-26(29-3)18-14-24/h6-18H,4-5,19-21H2,1-3H3. The smallest absolute Gasteiger partial charge is 0.143 e. The largest absolute Gasteiger partial charge is 0.497 e. The van der Waals surface area contributed by atoms with Crippen LogP contribution in [0, 0.1) is 0 Å². The summed E-state index contributed by atoms with van der Waals surface area (Å²) in [6.07, 6.45) is 2.17. The molecule has 4 heteroatoms. The zero-order valence-corrected chi connectivity index (χ0v) is 18.7. The van der Waals surface area contributed by atoms with Gasteiger partial charge in [-0.3, -0.25) is 0 Å². The van der Waals surface area contributed by atoms with Crippen LogP contribution >= 0.6 is 0 Å². The van der Waals surface area contributed by atoms with Crippen molar-refractivity contribution in [3.8, 4) is 11.5 Å². The van der Waals surface area contributed by atoms with Crippen LogP contribution in [-0.4, -0.2) is 34.0 Å². The Kier molecular flexibility index (Phi) is 8.51. The van der Waals surface area contributed by atoms with E-state index in [-0.39, 0.29) is 0 Å². The fourth-order valence-corrected chi connectivity index (χ4v) is 3.68. The van der Waals surface area contributed by atoms with E-state index in [0.717, 1.165) is 47.6 Å². The lowest BCUT2D eigenvalue weighted by Gasteiger charge is -2.36. The van der Waals surface area contributed by atoms with Gasteiger partial charge < -0.3 is 18.9 Å². The molecule has 0 aliphatic carbocycles. The van der Waals surface area contributed by atoms with Crippen LogP contribution in [0.25, 0.3) is 0 Å². The fourth-order valence-electron chi connectivity index (χ4n) is 3.68. The van der Waals surface area contributed by atoms with Gasteiger partial charge in [0, 0.05) is 6.61 Å². The number of methoxy groups -OCH3 is 2. The molecule has 0 bridgehead atoms. The Bertz CT molecular complexity index is 841. The highest BCUT2D eigenvalue weighted by Gasteiger charge is 2.37. The summed E-state index contributed by atoms with van der Waals surface area (Å²) in [5.41, 5.74) is 2.32. The Morgan fingerprint density at radius 3 is 1.61 bits per heavy atom. The monoisotopic (exact) mass is 420 g/mol. The molecular weight excluding hydrogens is 388 g/mol. The van der Waals surface area contributed by atoms with Gasteiger partial charge in [-0.2, -0.15) is 0 Å². The van der Waals surface area contributed by atoms with Gasteiger partial charge in [-0.05, 0) is 47.4 Å². The van der Waals surface area contributed by atoms with Gasteiger partial charge in [0.25, 0.3) is 0 Å². The average Bonchev–Trinajstić information content (AvgIpc) is 2.85. The number of hydrogen-bond donors (Lipinski definition) is 0. The van der Waals surface area contributed by atoms with Crippen LogP contribution in [0.3, 0.4) is 0 Å². The highest BCUT2D eigenvalue weighted by atomic mass is 16.5. The lowest BCUT2D eigenvalue weighted by Crippen LogP contribution is -2.34. The summed E-state index contributed by atoms with van der Waals surface area (Å²) in [4.78, 5) is 0. The van der Waals surface area contributed by atoms with Crippen LogP contribution in [0.5, 0.6) is 11.5 Å². The lowest BCUT2D eigenvalue weighted by molar-refractivity contribution is -0.0241. The molecule has 0 saturated heterocycles. The summed E-state index contributed by atoms with van der Waals surface area (Å²) in [5.74, 6) is 1.62. The molecule has 0 unspecified atom stereocenters. The molecule has 0 heterocycles. The van der Waals surface area contributed by atoms with Crippen molar-refractivity contribution in [1.29, 1.82) is 0 Å². The van der Waals surface area contributed by atoms with Gasteiger partial charge in [0.15, 0.2) is 0 Å². The van der Waals surface area contributed by atoms with Crippen LogP contribution in [0.4, 0.5) is 0 Å². The zero-order valence-electron chi connectivity index (χ0n) is 18.7. The first kappa shape index (κ1) is 22.9. The molecule has 0 aliphatic rings. The van der Waals surface area contributed by atoms with Crippen molar-refractivity contribution in [1.82, 2.24) is 0 Å². The number of rotatable bonds is 12. The molecule has 0 atom stereocenters. The van der Waals surface area contributed by atoms with Crippen LogP contribution in [-0.2, 0) is 15.1 Å². The highest BCUT2D eigenvalue weighted by molar-refractivity contribution is 5.49. The minimum Gasteiger partial charge on any atom is -0.497 e. The average molecular weight is 421 g/mol. The van der Waals surface area contributed by atoms with E-state index in [1.54, 1.807) is 14.2 Å². The number of hydrogen-bond acceptors (Lipinski definition) is 4. The van der Waals surface area contributed by atoms with Crippen molar-refractivity contribution in [2.45, 2.75) is 25.4 Å². The zero-order chi connectivity index (χ0) is 21.9. The van der Waals surface area contributed by atoms with Crippen LogP contribution in [0.1, 0.15) is 36.5 Å². The van der Waals surface area contributed by atoms with Crippen molar-refractivity contribution in [2.75, 3.05) is 34.0 Å². The van der Waals surface area contributed by atoms with Crippen molar-refractivity contribution >= 4 is 0 Å². The molecule has 0 radical (unpaired) electrons. The van der Waals surface area contributed by atoms with Gasteiger partial charge in [-0.15, -0.1) is 0 Å². The maximum absolute atomic E-state index is 6.71.